The molecule has 3 rings (SSSR count). The van der Waals surface area contributed by atoms with Crippen LogP contribution in [0.2, 0.25) is 0 Å². The van der Waals surface area contributed by atoms with Crippen molar-refractivity contribution in [3.63, 3.8) is 0 Å². The van der Waals surface area contributed by atoms with Gasteiger partial charge in [0.15, 0.2) is 0 Å². The Bertz CT molecular complexity index is 585. The van der Waals surface area contributed by atoms with Crippen molar-refractivity contribution < 1.29 is 24.5 Å². The summed E-state index contributed by atoms with van der Waals surface area (Å²) in [5.41, 5.74) is 0.583. The molecule has 0 radical (unpaired) electrons. The molecule has 2 fully saturated rings. The lowest BCUT2D eigenvalue weighted by Gasteiger charge is -2.34. The van der Waals surface area contributed by atoms with Gasteiger partial charge in [0, 0.05) is 25.3 Å². The van der Waals surface area contributed by atoms with Gasteiger partial charge >= 0.3 is 0 Å². The van der Waals surface area contributed by atoms with Crippen molar-refractivity contribution in [2.75, 3.05) is 33.4 Å². The van der Waals surface area contributed by atoms with Crippen LogP contribution in [0.15, 0.2) is 30.3 Å². The number of nitrogens with zero attached hydrogens (tertiary/aromatic N) is 1. The summed E-state index contributed by atoms with van der Waals surface area (Å²) in [6, 6.07) is 8.94. The number of likely N-dealkylation sites (tertiary alicyclic amines) is 1. The molecule has 2 aliphatic heterocycles. The van der Waals surface area contributed by atoms with Gasteiger partial charge in [0.25, 0.3) is 5.91 Å². The number of ether oxygens (including phenoxy) is 2. The Morgan fingerprint density at radius 2 is 2.12 bits per heavy atom. The van der Waals surface area contributed by atoms with Crippen LogP contribution in [0.5, 0.6) is 0 Å². The van der Waals surface area contributed by atoms with Gasteiger partial charge < -0.3 is 25.0 Å². The van der Waals surface area contributed by atoms with Crippen molar-refractivity contribution in [1.29, 1.82) is 0 Å². The van der Waals surface area contributed by atoms with Crippen LogP contribution in [0.3, 0.4) is 0 Å². The predicted octanol–water partition coefficient (Wildman–Crippen LogP) is 0.0164. The first-order valence-electron chi connectivity index (χ1n) is 9.18. The van der Waals surface area contributed by atoms with Crippen LogP contribution in [0, 0.1) is 0 Å². The number of amides is 1. The molecule has 1 amide bonds. The van der Waals surface area contributed by atoms with E-state index in [1.165, 1.54) is 0 Å². The molecule has 2 heterocycles. The van der Waals surface area contributed by atoms with Gasteiger partial charge in [-0.15, -0.1) is 0 Å². The summed E-state index contributed by atoms with van der Waals surface area (Å²) in [6.07, 6.45) is 0.222. The molecule has 0 saturated carbocycles. The number of carbonyl (C=O) groups is 1. The zero-order valence-electron chi connectivity index (χ0n) is 15.1. The van der Waals surface area contributed by atoms with E-state index in [1.807, 2.05) is 18.2 Å². The molecule has 1 aromatic rings. The predicted molar refractivity (Wildman–Crippen MR) is 95.9 cm³/mol. The lowest BCUT2D eigenvalue weighted by atomic mass is 10.0. The van der Waals surface area contributed by atoms with E-state index in [-0.39, 0.29) is 37.2 Å². The largest absolute Gasteiger partial charge is 0.394 e. The minimum absolute atomic E-state index is 0.176. The molecule has 0 aromatic heterocycles. The summed E-state index contributed by atoms with van der Waals surface area (Å²) >= 11 is 0. The monoisotopic (exact) mass is 364 g/mol. The van der Waals surface area contributed by atoms with E-state index in [0.29, 0.717) is 12.2 Å². The van der Waals surface area contributed by atoms with Gasteiger partial charge in [-0.25, -0.2) is 0 Å². The average Bonchev–Trinajstić information content (AvgIpc) is 3.24. The van der Waals surface area contributed by atoms with E-state index < -0.39 is 12.2 Å². The second-order valence-corrected chi connectivity index (χ2v) is 6.94. The number of hydrogen-bond donors (Lipinski definition) is 3. The Morgan fingerprint density at radius 1 is 1.35 bits per heavy atom. The van der Waals surface area contributed by atoms with Gasteiger partial charge in [-0.1, -0.05) is 18.2 Å². The van der Waals surface area contributed by atoms with Crippen molar-refractivity contribution in [3.8, 4) is 0 Å². The zero-order chi connectivity index (χ0) is 18.5. The number of rotatable bonds is 7. The third kappa shape index (κ3) is 4.07. The van der Waals surface area contributed by atoms with Crippen molar-refractivity contribution in [2.24, 2.45) is 0 Å². The molecule has 2 aliphatic rings. The summed E-state index contributed by atoms with van der Waals surface area (Å²) in [7, 11) is 1.67. The SMILES string of the molecule is COCC1CCCN1C1C(CNC(=O)c2ccccc2)OC(CO)C1O. The van der Waals surface area contributed by atoms with Gasteiger partial charge in [0.05, 0.1) is 25.4 Å². The maximum Gasteiger partial charge on any atom is 0.251 e. The maximum atomic E-state index is 12.3. The number of hydrogen-bond acceptors (Lipinski definition) is 6. The highest BCUT2D eigenvalue weighted by atomic mass is 16.5. The molecule has 5 unspecified atom stereocenters. The van der Waals surface area contributed by atoms with E-state index in [9.17, 15) is 15.0 Å². The number of benzene rings is 1. The zero-order valence-corrected chi connectivity index (χ0v) is 15.1. The topological polar surface area (TPSA) is 91.3 Å². The van der Waals surface area contributed by atoms with E-state index in [4.69, 9.17) is 9.47 Å². The van der Waals surface area contributed by atoms with E-state index in [2.05, 4.69) is 10.2 Å². The highest BCUT2D eigenvalue weighted by Gasteiger charge is 2.48. The summed E-state index contributed by atoms with van der Waals surface area (Å²) in [5, 5.41) is 23.1. The van der Waals surface area contributed by atoms with Crippen LogP contribution in [-0.2, 0) is 9.47 Å². The normalized spacial score (nSPS) is 32.0. The van der Waals surface area contributed by atoms with E-state index in [1.54, 1.807) is 19.2 Å². The van der Waals surface area contributed by atoms with Crippen LogP contribution < -0.4 is 5.32 Å². The number of aliphatic hydroxyl groups excluding tert-OH is 2. The third-order valence-corrected chi connectivity index (χ3v) is 5.31. The van der Waals surface area contributed by atoms with Gasteiger partial charge in [-0.05, 0) is 31.5 Å². The summed E-state index contributed by atoms with van der Waals surface area (Å²) in [6.45, 7) is 1.47. The number of aliphatic hydroxyl groups is 2. The molecule has 7 nitrogen and oxygen atoms in total. The maximum absolute atomic E-state index is 12.3. The Kier molecular flexibility index (Phi) is 6.61. The minimum Gasteiger partial charge on any atom is -0.394 e. The second-order valence-electron chi connectivity index (χ2n) is 6.94. The fourth-order valence-corrected chi connectivity index (χ4v) is 4.06. The van der Waals surface area contributed by atoms with Gasteiger partial charge in [0.2, 0.25) is 0 Å². The molecule has 7 heteroatoms. The van der Waals surface area contributed by atoms with Crippen LogP contribution in [-0.4, -0.2) is 84.8 Å². The Labute approximate surface area is 153 Å². The highest BCUT2D eigenvalue weighted by Crippen LogP contribution is 2.31. The standard InChI is InChI=1S/C19H28N2O5/c1-25-12-14-8-5-9-21(14)17-15(26-16(11-22)18(17)23)10-20-19(24)13-6-3-2-4-7-13/h2-4,6-7,14-18,22-23H,5,8-12H2,1H3,(H,20,24). The molecule has 2 saturated heterocycles. The molecular weight excluding hydrogens is 336 g/mol. The van der Waals surface area contributed by atoms with Gasteiger partial charge in [-0.2, -0.15) is 0 Å². The Morgan fingerprint density at radius 3 is 2.81 bits per heavy atom. The number of methoxy groups -OCH3 is 1. The molecule has 0 bridgehead atoms. The van der Waals surface area contributed by atoms with E-state index in [0.717, 1.165) is 19.4 Å². The van der Waals surface area contributed by atoms with E-state index >= 15 is 0 Å². The fourth-order valence-electron chi connectivity index (χ4n) is 4.06. The first kappa shape index (κ1) is 19.3. The molecule has 144 valence electrons. The number of carbonyl (C=O) groups excluding carboxylic acids is 1. The first-order chi connectivity index (χ1) is 12.7. The molecule has 1 aromatic carbocycles. The third-order valence-electron chi connectivity index (χ3n) is 5.31. The second kappa shape index (κ2) is 8.92. The summed E-state index contributed by atoms with van der Waals surface area (Å²) in [5.74, 6) is -0.176. The van der Waals surface area contributed by atoms with Crippen LogP contribution >= 0.6 is 0 Å². The molecule has 0 aliphatic carbocycles. The summed E-state index contributed by atoms with van der Waals surface area (Å²) in [4.78, 5) is 14.5. The average molecular weight is 364 g/mol. The molecular formula is C19H28N2O5. The van der Waals surface area contributed by atoms with Crippen LogP contribution in [0.25, 0.3) is 0 Å². The highest BCUT2D eigenvalue weighted by molar-refractivity contribution is 5.94. The van der Waals surface area contributed by atoms with Crippen molar-refractivity contribution in [1.82, 2.24) is 10.2 Å². The van der Waals surface area contributed by atoms with Crippen LogP contribution in [0.4, 0.5) is 0 Å². The number of nitrogens with one attached hydrogen (secondary N) is 1. The van der Waals surface area contributed by atoms with Crippen LogP contribution in [0.1, 0.15) is 23.2 Å². The first-order valence-corrected chi connectivity index (χ1v) is 9.18. The van der Waals surface area contributed by atoms with Crippen molar-refractivity contribution in [3.05, 3.63) is 35.9 Å². The Hall–Kier alpha value is -1.51. The summed E-state index contributed by atoms with van der Waals surface area (Å²) < 4.78 is 11.2. The van der Waals surface area contributed by atoms with Crippen molar-refractivity contribution in [2.45, 2.75) is 43.2 Å². The molecule has 5 atom stereocenters. The molecule has 3 N–H and O–H groups in total. The quantitative estimate of drug-likeness (QED) is 0.632. The smallest absolute Gasteiger partial charge is 0.251 e. The minimum atomic E-state index is -0.795. The fraction of sp³-hybridized carbons (Fsp3) is 0.632. The lowest BCUT2D eigenvalue weighted by Crippen LogP contribution is -2.53. The molecule has 0 spiro atoms. The van der Waals surface area contributed by atoms with Gasteiger partial charge in [0.1, 0.15) is 12.2 Å². The lowest BCUT2D eigenvalue weighted by molar-refractivity contribution is -0.0209. The van der Waals surface area contributed by atoms with Crippen molar-refractivity contribution >= 4 is 5.91 Å². The van der Waals surface area contributed by atoms with Gasteiger partial charge in [-0.3, -0.25) is 9.69 Å². The Balaban J connectivity index is 1.68. The molecule has 26 heavy (non-hydrogen) atoms.